The van der Waals surface area contributed by atoms with Gasteiger partial charge in [0.1, 0.15) is 0 Å². The van der Waals surface area contributed by atoms with Crippen LogP contribution in [0, 0.1) is 34.6 Å². The lowest BCUT2D eigenvalue weighted by atomic mass is 9.93. The third-order valence-corrected chi connectivity index (χ3v) is 5.72. The number of likely N-dealkylation sites (N-methyl/N-ethyl adjacent to an activating group) is 1. The largest absolute Gasteiger partial charge is 0.308 e. The van der Waals surface area contributed by atoms with E-state index >= 15 is 0 Å². The van der Waals surface area contributed by atoms with Crippen LogP contribution in [0.5, 0.6) is 0 Å². The lowest BCUT2D eigenvalue weighted by molar-refractivity contribution is 0.208. The standard InChI is InChI=1S/C20H28N2O/c1-12-10-13(2)18-15(4)16(5)22(20(23)19(18)14(12)3)17-8-7-9-21(6)11-17/h10,17H,7-9,11H2,1-6H3. The van der Waals surface area contributed by atoms with E-state index in [2.05, 4.69) is 57.2 Å². The Morgan fingerprint density at radius 3 is 2.35 bits per heavy atom. The molecule has 1 aromatic heterocycles. The third-order valence-electron chi connectivity index (χ3n) is 5.72. The highest BCUT2D eigenvalue weighted by Gasteiger charge is 2.24. The zero-order valence-corrected chi connectivity index (χ0v) is 15.3. The number of pyridine rings is 1. The van der Waals surface area contributed by atoms with Crippen molar-refractivity contribution in [2.75, 3.05) is 20.1 Å². The molecule has 0 N–H and O–H groups in total. The fourth-order valence-corrected chi connectivity index (χ4v) is 4.26. The molecule has 1 aromatic carbocycles. The predicted molar refractivity (Wildman–Crippen MR) is 97.7 cm³/mol. The Morgan fingerprint density at radius 1 is 1.00 bits per heavy atom. The molecule has 1 aliphatic rings. The SMILES string of the molecule is Cc1cc(C)c2c(C)c(C)n(C3CCCN(C)C3)c(=O)c2c1C. The van der Waals surface area contributed by atoms with E-state index in [1.807, 2.05) is 0 Å². The average Bonchev–Trinajstić information content (AvgIpc) is 2.49. The van der Waals surface area contributed by atoms with Crippen molar-refractivity contribution < 1.29 is 0 Å². The number of aryl methyl sites for hydroxylation is 4. The highest BCUT2D eigenvalue weighted by atomic mass is 16.1. The number of aromatic nitrogens is 1. The van der Waals surface area contributed by atoms with E-state index in [-0.39, 0.29) is 5.56 Å². The van der Waals surface area contributed by atoms with E-state index < -0.39 is 0 Å². The number of benzene rings is 1. The monoisotopic (exact) mass is 312 g/mol. The summed E-state index contributed by atoms with van der Waals surface area (Å²) in [5.74, 6) is 0. The van der Waals surface area contributed by atoms with Crippen molar-refractivity contribution in [2.45, 2.75) is 53.5 Å². The minimum Gasteiger partial charge on any atom is -0.308 e. The second-order valence-electron chi connectivity index (χ2n) is 7.33. The summed E-state index contributed by atoms with van der Waals surface area (Å²) < 4.78 is 2.08. The van der Waals surface area contributed by atoms with Crippen molar-refractivity contribution >= 4 is 10.8 Å². The Labute approximate surface area is 138 Å². The average molecular weight is 312 g/mol. The Hall–Kier alpha value is -1.61. The molecule has 0 bridgehead atoms. The molecule has 3 heteroatoms. The van der Waals surface area contributed by atoms with E-state index in [4.69, 9.17) is 0 Å². The van der Waals surface area contributed by atoms with Crippen molar-refractivity contribution in [3.8, 4) is 0 Å². The lowest BCUT2D eigenvalue weighted by Crippen LogP contribution is -2.39. The number of likely N-dealkylation sites (tertiary alicyclic amines) is 1. The fourth-order valence-electron chi connectivity index (χ4n) is 4.26. The zero-order valence-electron chi connectivity index (χ0n) is 15.3. The number of hydrogen-bond donors (Lipinski definition) is 0. The molecule has 3 rings (SSSR count). The molecule has 0 radical (unpaired) electrons. The Kier molecular flexibility index (Phi) is 4.09. The summed E-state index contributed by atoms with van der Waals surface area (Å²) in [5, 5.41) is 2.09. The molecule has 3 nitrogen and oxygen atoms in total. The van der Waals surface area contributed by atoms with Crippen LogP contribution in [-0.4, -0.2) is 29.6 Å². The Bertz CT molecular complexity index is 832. The van der Waals surface area contributed by atoms with Gasteiger partial charge in [0.05, 0.1) is 5.39 Å². The van der Waals surface area contributed by atoms with E-state index in [0.29, 0.717) is 6.04 Å². The van der Waals surface area contributed by atoms with Gasteiger partial charge in [-0.3, -0.25) is 4.79 Å². The van der Waals surface area contributed by atoms with E-state index in [1.54, 1.807) is 0 Å². The van der Waals surface area contributed by atoms with Gasteiger partial charge in [-0.05, 0) is 88.7 Å². The van der Waals surface area contributed by atoms with Crippen LogP contribution in [0.2, 0.25) is 0 Å². The maximum Gasteiger partial charge on any atom is 0.259 e. The fraction of sp³-hybridized carbons (Fsp3) is 0.550. The summed E-state index contributed by atoms with van der Waals surface area (Å²) in [5.41, 5.74) is 6.16. The summed E-state index contributed by atoms with van der Waals surface area (Å²) in [4.78, 5) is 15.7. The van der Waals surface area contributed by atoms with Gasteiger partial charge < -0.3 is 9.47 Å². The van der Waals surface area contributed by atoms with Gasteiger partial charge in [-0.2, -0.15) is 0 Å². The smallest absolute Gasteiger partial charge is 0.259 e. The molecule has 0 saturated carbocycles. The first-order chi connectivity index (χ1) is 10.8. The lowest BCUT2D eigenvalue weighted by Gasteiger charge is -2.33. The quantitative estimate of drug-likeness (QED) is 0.800. The van der Waals surface area contributed by atoms with E-state index in [0.717, 1.165) is 48.0 Å². The van der Waals surface area contributed by atoms with E-state index in [1.165, 1.54) is 16.7 Å². The molecule has 1 atom stereocenters. The van der Waals surface area contributed by atoms with Crippen molar-refractivity contribution in [3.63, 3.8) is 0 Å². The van der Waals surface area contributed by atoms with Crippen LogP contribution in [0.4, 0.5) is 0 Å². The predicted octanol–water partition coefficient (Wildman–Crippen LogP) is 3.81. The number of nitrogens with zero attached hydrogens (tertiary/aromatic N) is 2. The van der Waals surface area contributed by atoms with Gasteiger partial charge in [0, 0.05) is 18.3 Å². The second-order valence-corrected chi connectivity index (χ2v) is 7.33. The second kappa shape index (κ2) is 5.79. The first kappa shape index (κ1) is 16.3. The van der Waals surface area contributed by atoms with Crippen LogP contribution in [0.1, 0.15) is 46.8 Å². The zero-order chi connectivity index (χ0) is 16.9. The van der Waals surface area contributed by atoms with Crippen LogP contribution in [0.15, 0.2) is 10.9 Å². The van der Waals surface area contributed by atoms with Gasteiger partial charge in [0.2, 0.25) is 0 Å². The minimum absolute atomic E-state index is 0.202. The summed E-state index contributed by atoms with van der Waals surface area (Å²) >= 11 is 0. The van der Waals surface area contributed by atoms with Crippen molar-refractivity contribution in [1.82, 2.24) is 9.47 Å². The maximum absolute atomic E-state index is 13.4. The van der Waals surface area contributed by atoms with Crippen LogP contribution in [0.25, 0.3) is 10.8 Å². The minimum atomic E-state index is 0.202. The molecular weight excluding hydrogens is 284 g/mol. The normalized spacial score (nSPS) is 19.5. The van der Waals surface area contributed by atoms with Crippen molar-refractivity contribution in [2.24, 2.45) is 0 Å². The van der Waals surface area contributed by atoms with Gasteiger partial charge >= 0.3 is 0 Å². The van der Waals surface area contributed by atoms with Crippen molar-refractivity contribution in [1.29, 1.82) is 0 Å². The summed E-state index contributed by atoms with van der Waals surface area (Å²) in [6, 6.07) is 2.51. The van der Waals surface area contributed by atoms with Gasteiger partial charge in [0.15, 0.2) is 0 Å². The molecule has 1 aliphatic heterocycles. The highest BCUT2D eigenvalue weighted by molar-refractivity contribution is 5.91. The number of rotatable bonds is 1. The van der Waals surface area contributed by atoms with Gasteiger partial charge in [-0.15, -0.1) is 0 Å². The Balaban J connectivity index is 2.36. The maximum atomic E-state index is 13.4. The molecule has 1 fully saturated rings. The van der Waals surface area contributed by atoms with Crippen LogP contribution < -0.4 is 5.56 Å². The summed E-state index contributed by atoms with van der Waals surface area (Å²) in [7, 11) is 2.15. The van der Waals surface area contributed by atoms with Crippen LogP contribution in [-0.2, 0) is 0 Å². The molecular formula is C20H28N2O. The van der Waals surface area contributed by atoms with Crippen molar-refractivity contribution in [3.05, 3.63) is 44.4 Å². The van der Waals surface area contributed by atoms with Gasteiger partial charge in [-0.1, -0.05) is 6.07 Å². The molecule has 0 spiro atoms. The number of piperidine rings is 1. The van der Waals surface area contributed by atoms with E-state index in [9.17, 15) is 4.79 Å². The Morgan fingerprint density at radius 2 is 1.70 bits per heavy atom. The first-order valence-electron chi connectivity index (χ1n) is 8.63. The topological polar surface area (TPSA) is 25.2 Å². The first-order valence-corrected chi connectivity index (χ1v) is 8.63. The molecule has 1 saturated heterocycles. The molecule has 2 heterocycles. The molecule has 2 aromatic rings. The summed E-state index contributed by atoms with van der Waals surface area (Å²) in [6.45, 7) is 12.7. The number of fused-ring (bicyclic) bond motifs is 1. The molecule has 23 heavy (non-hydrogen) atoms. The van der Waals surface area contributed by atoms with Crippen LogP contribution >= 0.6 is 0 Å². The van der Waals surface area contributed by atoms with Crippen LogP contribution in [0.3, 0.4) is 0 Å². The number of hydrogen-bond acceptors (Lipinski definition) is 2. The third kappa shape index (κ3) is 2.51. The summed E-state index contributed by atoms with van der Waals surface area (Å²) in [6.07, 6.45) is 2.26. The van der Waals surface area contributed by atoms with Gasteiger partial charge in [0.25, 0.3) is 5.56 Å². The molecule has 124 valence electrons. The molecule has 1 unspecified atom stereocenters. The highest BCUT2D eigenvalue weighted by Crippen LogP contribution is 2.30. The molecule has 0 amide bonds. The van der Waals surface area contributed by atoms with Gasteiger partial charge in [-0.25, -0.2) is 0 Å². The molecule has 0 aliphatic carbocycles.